The highest BCUT2D eigenvalue weighted by molar-refractivity contribution is 6.06. The van der Waals surface area contributed by atoms with Gasteiger partial charge in [0, 0.05) is 11.8 Å². The molecule has 2 aliphatic rings. The van der Waals surface area contributed by atoms with Gasteiger partial charge in [0.05, 0.1) is 6.79 Å². The number of fused-ring (bicyclic) bond motifs is 1. The standard InChI is InChI=1S/C20H23N3O.2ClH/c1-20(2)17-16(8-11-22-18(17)23-19(20)24)15-5-3-4-14(12-15)13-6-9-21-10-7-13;;/h3-5,8,11-13,21H,6-7,9-10H2,1-2H3,(H,22,23,24);2*1H/i12D;;. The van der Waals surface area contributed by atoms with Crippen molar-refractivity contribution in [3.05, 3.63) is 47.6 Å². The number of aromatic nitrogens is 1. The summed E-state index contributed by atoms with van der Waals surface area (Å²) in [4.78, 5) is 16.7. The van der Waals surface area contributed by atoms with Gasteiger partial charge < -0.3 is 10.6 Å². The molecule has 1 aromatic carbocycles. The molecule has 4 rings (SSSR count). The summed E-state index contributed by atoms with van der Waals surface area (Å²) in [7, 11) is 0. The number of benzene rings is 1. The van der Waals surface area contributed by atoms with Gasteiger partial charge in [-0.25, -0.2) is 4.98 Å². The minimum absolute atomic E-state index is 0. The quantitative estimate of drug-likeness (QED) is 0.798. The molecule has 2 N–H and O–H groups in total. The Hall–Kier alpha value is -1.62. The maximum atomic E-state index is 12.3. The van der Waals surface area contributed by atoms with E-state index in [1.165, 1.54) is 0 Å². The highest BCUT2D eigenvalue weighted by Gasteiger charge is 2.41. The molecule has 0 atom stereocenters. The Labute approximate surface area is 168 Å². The molecule has 1 fully saturated rings. The lowest BCUT2D eigenvalue weighted by atomic mass is 9.81. The summed E-state index contributed by atoms with van der Waals surface area (Å²) < 4.78 is 8.82. The Balaban J connectivity index is 0.00000131. The predicted octanol–water partition coefficient (Wildman–Crippen LogP) is 4.29. The van der Waals surface area contributed by atoms with Crippen molar-refractivity contribution in [3.8, 4) is 11.1 Å². The number of hydrogen-bond acceptors (Lipinski definition) is 3. The van der Waals surface area contributed by atoms with E-state index in [0.29, 0.717) is 17.8 Å². The third-order valence-corrected chi connectivity index (χ3v) is 5.26. The van der Waals surface area contributed by atoms with E-state index in [4.69, 9.17) is 1.37 Å². The highest BCUT2D eigenvalue weighted by atomic mass is 35.5. The second kappa shape index (κ2) is 7.95. The second-order valence-corrected chi connectivity index (χ2v) is 7.21. The van der Waals surface area contributed by atoms with Crippen LogP contribution >= 0.6 is 24.8 Å². The van der Waals surface area contributed by atoms with E-state index in [1.54, 1.807) is 6.20 Å². The Morgan fingerprint density at radius 2 is 1.92 bits per heavy atom. The molecule has 6 heteroatoms. The number of halogens is 2. The van der Waals surface area contributed by atoms with Gasteiger partial charge in [0.1, 0.15) is 5.82 Å². The predicted molar refractivity (Wildman–Crippen MR) is 111 cm³/mol. The number of nitrogens with zero attached hydrogens (tertiary/aromatic N) is 1. The van der Waals surface area contributed by atoms with Crippen molar-refractivity contribution in [3.63, 3.8) is 0 Å². The number of piperidine rings is 1. The fourth-order valence-electron chi connectivity index (χ4n) is 3.81. The van der Waals surface area contributed by atoms with Crippen LogP contribution in [0.1, 0.15) is 45.1 Å². The molecule has 3 heterocycles. The van der Waals surface area contributed by atoms with Crippen molar-refractivity contribution in [2.24, 2.45) is 0 Å². The SMILES string of the molecule is Cl.Cl.[2H]c1c(-c2ccnc3c2C(C)(C)C(=O)N3)cccc1C1CCNCC1. The molecular formula is C20H25Cl2N3O. The van der Waals surface area contributed by atoms with E-state index in [2.05, 4.69) is 21.7 Å². The van der Waals surface area contributed by atoms with Crippen molar-refractivity contribution < 1.29 is 6.17 Å². The molecule has 0 bridgehead atoms. The Morgan fingerprint density at radius 3 is 2.65 bits per heavy atom. The van der Waals surface area contributed by atoms with E-state index < -0.39 is 5.41 Å². The third kappa shape index (κ3) is 3.46. The Morgan fingerprint density at radius 1 is 1.19 bits per heavy atom. The van der Waals surface area contributed by atoms with E-state index in [1.807, 2.05) is 32.0 Å². The molecule has 0 saturated carbocycles. The van der Waals surface area contributed by atoms with E-state index in [0.717, 1.165) is 48.2 Å². The number of amides is 1. The first-order valence-corrected chi connectivity index (χ1v) is 8.61. The molecule has 2 aliphatic heterocycles. The van der Waals surface area contributed by atoms with Crippen LogP contribution in [0.25, 0.3) is 11.1 Å². The molecule has 2 aromatic rings. The average molecular weight is 395 g/mol. The summed E-state index contributed by atoms with van der Waals surface area (Å²) in [6.45, 7) is 5.84. The summed E-state index contributed by atoms with van der Waals surface area (Å²) in [5, 5.41) is 6.26. The number of pyridine rings is 1. The number of hydrogen-bond donors (Lipinski definition) is 2. The van der Waals surface area contributed by atoms with Crippen LogP contribution in [0.15, 0.2) is 36.5 Å². The molecule has 1 aromatic heterocycles. The number of carbonyl (C=O) groups excluding carboxylic acids is 1. The molecule has 0 unspecified atom stereocenters. The van der Waals surface area contributed by atoms with Crippen molar-refractivity contribution in [1.29, 1.82) is 0 Å². The number of rotatable bonds is 2. The van der Waals surface area contributed by atoms with Gasteiger partial charge in [0.15, 0.2) is 0 Å². The molecule has 4 nitrogen and oxygen atoms in total. The van der Waals surface area contributed by atoms with Crippen LogP contribution in [0.5, 0.6) is 0 Å². The van der Waals surface area contributed by atoms with E-state index >= 15 is 0 Å². The summed E-state index contributed by atoms with van der Waals surface area (Å²) >= 11 is 0. The maximum absolute atomic E-state index is 12.3. The van der Waals surface area contributed by atoms with Crippen molar-refractivity contribution >= 4 is 36.5 Å². The van der Waals surface area contributed by atoms with Crippen LogP contribution in [0, 0.1) is 0 Å². The number of nitrogens with one attached hydrogen (secondary N) is 2. The van der Waals surface area contributed by atoms with Crippen molar-refractivity contribution in [1.82, 2.24) is 10.3 Å². The summed E-state index contributed by atoms with van der Waals surface area (Å²) in [5.74, 6) is 1.01. The van der Waals surface area contributed by atoms with Crippen LogP contribution in [0.3, 0.4) is 0 Å². The molecule has 1 amide bonds. The van der Waals surface area contributed by atoms with Gasteiger partial charge in [-0.2, -0.15) is 0 Å². The zero-order valence-corrected chi connectivity index (χ0v) is 16.6. The zero-order valence-electron chi connectivity index (χ0n) is 16.0. The Kier molecular flexibility index (Phi) is 5.86. The molecule has 140 valence electrons. The number of anilines is 1. The number of carbonyl (C=O) groups is 1. The highest BCUT2D eigenvalue weighted by Crippen LogP contribution is 2.42. The topological polar surface area (TPSA) is 54.0 Å². The van der Waals surface area contributed by atoms with Crippen LogP contribution in [-0.2, 0) is 10.2 Å². The first kappa shape index (κ1) is 19.2. The summed E-state index contributed by atoms with van der Waals surface area (Å²) in [5.41, 5.74) is 3.19. The van der Waals surface area contributed by atoms with Crippen molar-refractivity contribution in [2.75, 3.05) is 18.4 Å². The van der Waals surface area contributed by atoms with Gasteiger partial charge in [-0.1, -0.05) is 24.2 Å². The Bertz CT molecular complexity index is 851. The van der Waals surface area contributed by atoms with Crippen LogP contribution in [-0.4, -0.2) is 24.0 Å². The van der Waals surface area contributed by atoms with Gasteiger partial charge in [0.2, 0.25) is 5.91 Å². The molecule has 26 heavy (non-hydrogen) atoms. The van der Waals surface area contributed by atoms with E-state index in [-0.39, 0.29) is 30.7 Å². The van der Waals surface area contributed by atoms with Gasteiger partial charge in [-0.05, 0) is 68.5 Å². The summed E-state index contributed by atoms with van der Waals surface area (Å²) in [6, 6.07) is 8.62. The maximum Gasteiger partial charge on any atom is 0.235 e. The van der Waals surface area contributed by atoms with Crippen LogP contribution in [0.4, 0.5) is 5.82 Å². The lowest BCUT2D eigenvalue weighted by Crippen LogP contribution is -2.27. The van der Waals surface area contributed by atoms with Crippen LogP contribution < -0.4 is 10.6 Å². The molecule has 1 saturated heterocycles. The minimum Gasteiger partial charge on any atom is -0.317 e. The van der Waals surface area contributed by atoms with E-state index in [9.17, 15) is 4.79 Å². The lowest BCUT2D eigenvalue weighted by molar-refractivity contribution is -0.119. The van der Waals surface area contributed by atoms with Gasteiger partial charge in [0.25, 0.3) is 0 Å². The molecular weight excluding hydrogens is 369 g/mol. The largest absolute Gasteiger partial charge is 0.317 e. The summed E-state index contributed by atoms with van der Waals surface area (Å²) in [6.07, 6.45) is 3.84. The average Bonchev–Trinajstić information content (AvgIpc) is 2.85. The van der Waals surface area contributed by atoms with Gasteiger partial charge >= 0.3 is 0 Å². The third-order valence-electron chi connectivity index (χ3n) is 5.26. The second-order valence-electron chi connectivity index (χ2n) is 7.21. The van der Waals surface area contributed by atoms with Gasteiger partial charge in [-0.3, -0.25) is 4.79 Å². The van der Waals surface area contributed by atoms with Gasteiger partial charge in [-0.15, -0.1) is 24.8 Å². The minimum atomic E-state index is -0.643. The monoisotopic (exact) mass is 394 g/mol. The van der Waals surface area contributed by atoms with Crippen LogP contribution in [0.2, 0.25) is 0 Å². The molecule has 0 aliphatic carbocycles. The first-order chi connectivity index (χ1) is 12.0. The molecule has 0 radical (unpaired) electrons. The smallest absolute Gasteiger partial charge is 0.235 e. The van der Waals surface area contributed by atoms with Crippen molar-refractivity contribution in [2.45, 2.75) is 38.0 Å². The normalized spacial score (nSPS) is 18.8. The fourth-order valence-corrected chi connectivity index (χ4v) is 3.81. The zero-order chi connectivity index (χ0) is 17.6. The molecule has 0 spiro atoms. The fraction of sp³-hybridized carbons (Fsp3) is 0.400. The first-order valence-electron chi connectivity index (χ1n) is 9.11. The lowest BCUT2D eigenvalue weighted by Gasteiger charge is -2.24.